The zero-order chi connectivity index (χ0) is 19.4. The maximum Gasteiger partial charge on any atom is 0.323 e. The Morgan fingerprint density at radius 2 is 1.52 bits per heavy atom. The molecule has 0 unspecified atom stereocenters. The lowest BCUT2D eigenvalue weighted by atomic mass is 10.3. The van der Waals surface area contributed by atoms with E-state index in [0.29, 0.717) is 22.8 Å². The van der Waals surface area contributed by atoms with Crippen LogP contribution in [-0.4, -0.2) is 16.0 Å². The van der Waals surface area contributed by atoms with Crippen molar-refractivity contribution in [3.05, 3.63) is 71.6 Å². The molecule has 0 atom stereocenters. The summed E-state index contributed by atoms with van der Waals surface area (Å²) in [4.78, 5) is 20.6. The van der Waals surface area contributed by atoms with E-state index < -0.39 is 17.7 Å². The van der Waals surface area contributed by atoms with Crippen molar-refractivity contribution in [2.75, 3.05) is 10.6 Å². The number of hydrogen-bond donors (Lipinski definition) is 2. The molecule has 3 rings (SSSR count). The van der Waals surface area contributed by atoms with Gasteiger partial charge in [0.1, 0.15) is 17.4 Å². The molecule has 2 aromatic carbocycles. The molecule has 0 bridgehead atoms. The average molecular weight is 370 g/mol. The van der Waals surface area contributed by atoms with E-state index in [2.05, 4.69) is 20.6 Å². The van der Waals surface area contributed by atoms with Crippen molar-refractivity contribution in [1.29, 1.82) is 0 Å². The topological polar surface area (TPSA) is 76.1 Å². The van der Waals surface area contributed by atoms with Gasteiger partial charge in [0.15, 0.2) is 0 Å². The largest absolute Gasteiger partial charge is 0.424 e. The summed E-state index contributed by atoms with van der Waals surface area (Å²) in [6, 6.07) is 11.3. The van der Waals surface area contributed by atoms with Gasteiger partial charge in [0.05, 0.1) is 17.1 Å². The standard InChI is InChI=1S/C19H16F2N4O2/c1-11-17(25-18(26)24-15-9-13(20)8-14(21)10-15)12(2)23-19(22-11)27-16-6-4-3-5-7-16/h3-10H,1-2H3,(H2,24,25,26). The van der Waals surface area contributed by atoms with Crippen LogP contribution in [0.5, 0.6) is 11.8 Å². The molecule has 0 spiro atoms. The fraction of sp³-hybridized carbons (Fsp3) is 0.105. The molecule has 8 heteroatoms. The summed E-state index contributed by atoms with van der Waals surface area (Å²) in [5, 5.41) is 4.95. The van der Waals surface area contributed by atoms with Crippen LogP contribution in [0.3, 0.4) is 0 Å². The normalized spacial score (nSPS) is 10.4. The number of para-hydroxylation sites is 1. The number of aromatic nitrogens is 2. The maximum absolute atomic E-state index is 13.2. The maximum atomic E-state index is 13.2. The summed E-state index contributed by atoms with van der Waals surface area (Å²) >= 11 is 0. The Morgan fingerprint density at radius 3 is 2.11 bits per heavy atom. The number of amides is 2. The van der Waals surface area contributed by atoms with Crippen molar-refractivity contribution < 1.29 is 18.3 Å². The Morgan fingerprint density at radius 1 is 0.926 bits per heavy atom. The van der Waals surface area contributed by atoms with Crippen LogP contribution in [0, 0.1) is 25.5 Å². The highest BCUT2D eigenvalue weighted by Gasteiger charge is 2.13. The van der Waals surface area contributed by atoms with Crippen LogP contribution in [0.15, 0.2) is 48.5 Å². The molecule has 138 valence electrons. The monoisotopic (exact) mass is 370 g/mol. The first kappa shape index (κ1) is 18.2. The summed E-state index contributed by atoms with van der Waals surface area (Å²) in [5.41, 5.74) is 1.33. The second-order valence-electron chi connectivity index (χ2n) is 5.70. The molecule has 0 saturated carbocycles. The molecule has 0 aliphatic carbocycles. The van der Waals surface area contributed by atoms with Gasteiger partial charge in [-0.3, -0.25) is 0 Å². The van der Waals surface area contributed by atoms with Crippen molar-refractivity contribution >= 4 is 17.4 Å². The number of anilines is 2. The zero-order valence-electron chi connectivity index (χ0n) is 14.6. The second-order valence-corrected chi connectivity index (χ2v) is 5.70. The summed E-state index contributed by atoms with van der Waals surface area (Å²) < 4.78 is 32.0. The third kappa shape index (κ3) is 4.75. The van der Waals surface area contributed by atoms with Gasteiger partial charge in [-0.05, 0) is 38.1 Å². The number of rotatable bonds is 4. The number of carbonyl (C=O) groups is 1. The molecule has 27 heavy (non-hydrogen) atoms. The molecule has 0 fully saturated rings. The highest BCUT2D eigenvalue weighted by atomic mass is 19.1. The molecule has 1 aromatic heterocycles. The summed E-state index contributed by atoms with van der Waals surface area (Å²) in [6.45, 7) is 3.37. The van der Waals surface area contributed by atoms with E-state index in [9.17, 15) is 13.6 Å². The number of urea groups is 1. The van der Waals surface area contributed by atoms with E-state index in [4.69, 9.17) is 4.74 Å². The summed E-state index contributed by atoms with van der Waals surface area (Å²) in [6.07, 6.45) is 0. The van der Waals surface area contributed by atoms with Crippen molar-refractivity contribution in [2.45, 2.75) is 13.8 Å². The number of halogens is 2. The van der Waals surface area contributed by atoms with Gasteiger partial charge in [-0.15, -0.1) is 0 Å². The summed E-state index contributed by atoms with van der Waals surface area (Å²) in [5.74, 6) is -0.991. The van der Waals surface area contributed by atoms with Gasteiger partial charge in [-0.2, -0.15) is 9.97 Å². The predicted octanol–water partition coefficient (Wildman–Crippen LogP) is 4.81. The Kier molecular flexibility index (Phi) is 5.25. The predicted molar refractivity (Wildman–Crippen MR) is 97.0 cm³/mol. The fourth-order valence-electron chi connectivity index (χ4n) is 2.41. The SMILES string of the molecule is Cc1nc(Oc2ccccc2)nc(C)c1NC(=O)Nc1cc(F)cc(F)c1. The number of ether oxygens (including phenoxy) is 1. The lowest BCUT2D eigenvalue weighted by Crippen LogP contribution is -2.21. The first-order valence-corrected chi connectivity index (χ1v) is 8.03. The molecule has 1 heterocycles. The first-order valence-electron chi connectivity index (χ1n) is 8.03. The fourth-order valence-corrected chi connectivity index (χ4v) is 2.41. The second kappa shape index (κ2) is 7.77. The number of nitrogens with one attached hydrogen (secondary N) is 2. The highest BCUT2D eigenvalue weighted by molar-refractivity contribution is 6.00. The van der Waals surface area contributed by atoms with Crippen LogP contribution in [0.2, 0.25) is 0 Å². The third-order valence-electron chi connectivity index (χ3n) is 3.56. The van der Waals surface area contributed by atoms with Crippen molar-refractivity contribution in [3.8, 4) is 11.8 Å². The van der Waals surface area contributed by atoms with Gasteiger partial charge >= 0.3 is 12.0 Å². The number of carbonyl (C=O) groups excluding carboxylic acids is 1. The lowest BCUT2D eigenvalue weighted by Gasteiger charge is -2.13. The Labute approximate surface area is 154 Å². The molecule has 0 aliphatic rings. The van der Waals surface area contributed by atoms with E-state index in [1.165, 1.54) is 0 Å². The van der Waals surface area contributed by atoms with Crippen LogP contribution < -0.4 is 15.4 Å². The van der Waals surface area contributed by atoms with Crippen molar-refractivity contribution in [2.24, 2.45) is 0 Å². The number of aryl methyl sites for hydroxylation is 2. The van der Waals surface area contributed by atoms with Gasteiger partial charge in [-0.25, -0.2) is 13.6 Å². The molecule has 0 radical (unpaired) electrons. The Balaban J connectivity index is 1.73. The molecule has 6 nitrogen and oxygen atoms in total. The Hall–Kier alpha value is -3.55. The van der Waals surface area contributed by atoms with Gasteiger partial charge in [0.2, 0.25) is 0 Å². The van der Waals surface area contributed by atoms with Crippen LogP contribution >= 0.6 is 0 Å². The molecule has 2 N–H and O–H groups in total. The highest BCUT2D eigenvalue weighted by Crippen LogP contribution is 2.23. The summed E-state index contributed by atoms with van der Waals surface area (Å²) in [7, 11) is 0. The third-order valence-corrected chi connectivity index (χ3v) is 3.56. The minimum Gasteiger partial charge on any atom is -0.424 e. The minimum atomic E-state index is -0.789. The van der Waals surface area contributed by atoms with Gasteiger partial charge < -0.3 is 15.4 Å². The van der Waals surface area contributed by atoms with Crippen LogP contribution in [0.25, 0.3) is 0 Å². The first-order chi connectivity index (χ1) is 12.9. The van der Waals surface area contributed by atoms with Crippen LogP contribution in [0.4, 0.5) is 25.0 Å². The lowest BCUT2D eigenvalue weighted by molar-refractivity contribution is 0.262. The van der Waals surface area contributed by atoms with Gasteiger partial charge in [-0.1, -0.05) is 18.2 Å². The molecular weight excluding hydrogens is 354 g/mol. The molecule has 2 amide bonds. The van der Waals surface area contributed by atoms with E-state index in [0.717, 1.165) is 18.2 Å². The van der Waals surface area contributed by atoms with Gasteiger partial charge in [0, 0.05) is 11.8 Å². The quantitative estimate of drug-likeness (QED) is 0.691. The number of nitrogens with zero attached hydrogens (tertiary/aromatic N) is 2. The zero-order valence-corrected chi connectivity index (χ0v) is 14.6. The molecule has 0 saturated heterocycles. The van der Waals surface area contributed by atoms with Crippen LogP contribution in [-0.2, 0) is 0 Å². The smallest absolute Gasteiger partial charge is 0.323 e. The average Bonchev–Trinajstić information content (AvgIpc) is 2.58. The minimum absolute atomic E-state index is 0.00902. The number of hydrogen-bond acceptors (Lipinski definition) is 4. The van der Waals surface area contributed by atoms with E-state index >= 15 is 0 Å². The van der Waals surface area contributed by atoms with E-state index in [1.54, 1.807) is 26.0 Å². The Bertz CT molecular complexity index is 937. The van der Waals surface area contributed by atoms with Gasteiger partial charge in [0.25, 0.3) is 0 Å². The molecular formula is C19H16F2N4O2. The molecule has 0 aliphatic heterocycles. The number of benzene rings is 2. The van der Waals surface area contributed by atoms with E-state index in [-0.39, 0.29) is 11.7 Å². The molecule has 3 aromatic rings. The van der Waals surface area contributed by atoms with E-state index in [1.807, 2.05) is 18.2 Å². The van der Waals surface area contributed by atoms with Crippen molar-refractivity contribution in [3.63, 3.8) is 0 Å². The van der Waals surface area contributed by atoms with Crippen LogP contribution in [0.1, 0.15) is 11.4 Å². The van der Waals surface area contributed by atoms with Crippen molar-refractivity contribution in [1.82, 2.24) is 9.97 Å².